The van der Waals surface area contributed by atoms with Crippen LogP contribution in [0, 0.1) is 0 Å². The summed E-state index contributed by atoms with van der Waals surface area (Å²) in [4.78, 5) is 0. The number of benzene rings is 2. The summed E-state index contributed by atoms with van der Waals surface area (Å²) in [6.45, 7) is 10.1. The van der Waals surface area contributed by atoms with Crippen LogP contribution >= 0.6 is 0 Å². The predicted molar refractivity (Wildman–Crippen MR) is 219 cm³/mol. The van der Waals surface area contributed by atoms with Gasteiger partial charge in [0.1, 0.15) is 0 Å². The van der Waals surface area contributed by atoms with Crippen LogP contribution in [0.15, 0.2) is 86.0 Å². The molecule has 0 bridgehead atoms. The first-order valence-corrected chi connectivity index (χ1v) is 21.3. The van der Waals surface area contributed by atoms with Crippen LogP contribution < -0.4 is 0 Å². The lowest BCUT2D eigenvalue weighted by Gasteiger charge is -2.12. The third kappa shape index (κ3) is 24.6. The van der Waals surface area contributed by atoms with E-state index in [4.69, 9.17) is 4.74 Å². The second kappa shape index (κ2) is 33.0. The highest BCUT2D eigenvalue weighted by Crippen LogP contribution is 2.25. The number of allylic oxidation sites excluding steroid dienone is 2. The van der Waals surface area contributed by atoms with Crippen LogP contribution in [0.25, 0.3) is 0 Å². The molecule has 0 aliphatic rings. The van der Waals surface area contributed by atoms with E-state index in [-0.39, 0.29) is 0 Å². The average molecular weight is 671 g/mol. The Bertz CT molecular complexity index is 886. The highest BCUT2D eigenvalue weighted by atomic mass is 16.5. The first kappa shape index (κ1) is 43.0. The van der Waals surface area contributed by atoms with Crippen LogP contribution in [-0.4, -0.2) is 13.2 Å². The van der Waals surface area contributed by atoms with Crippen LogP contribution in [0.2, 0.25) is 0 Å². The molecule has 0 radical (unpaired) electrons. The van der Waals surface area contributed by atoms with Crippen molar-refractivity contribution in [2.75, 3.05) is 13.2 Å². The first-order chi connectivity index (χ1) is 24.3. The molecule has 0 fully saturated rings. The molecule has 2 aromatic rings. The molecule has 2 unspecified atom stereocenters. The van der Waals surface area contributed by atoms with Crippen LogP contribution in [-0.2, 0) is 4.74 Å². The zero-order chi connectivity index (χ0) is 34.7. The lowest BCUT2D eigenvalue weighted by molar-refractivity contribution is 0.125. The second-order valence-corrected chi connectivity index (χ2v) is 14.9. The van der Waals surface area contributed by atoms with Gasteiger partial charge < -0.3 is 4.74 Å². The summed E-state index contributed by atoms with van der Waals surface area (Å²) < 4.78 is 5.91. The minimum Gasteiger partial charge on any atom is -0.381 e. The van der Waals surface area contributed by atoms with E-state index in [0.29, 0.717) is 11.8 Å². The van der Waals surface area contributed by atoms with Crippen molar-refractivity contribution < 1.29 is 4.74 Å². The maximum atomic E-state index is 5.91. The summed E-state index contributed by atoms with van der Waals surface area (Å²) in [5, 5.41) is 0. The van der Waals surface area contributed by atoms with Gasteiger partial charge in [-0.15, -0.1) is 13.2 Å². The maximum Gasteiger partial charge on any atom is 0.0466 e. The lowest BCUT2D eigenvalue weighted by atomic mass is 9.93. The smallest absolute Gasteiger partial charge is 0.0466 e. The largest absolute Gasteiger partial charge is 0.381 e. The Labute approximate surface area is 305 Å². The third-order valence-electron chi connectivity index (χ3n) is 10.6. The van der Waals surface area contributed by atoms with Crippen molar-refractivity contribution in [2.24, 2.45) is 0 Å². The Morgan fingerprint density at radius 3 is 0.857 bits per heavy atom. The summed E-state index contributed by atoms with van der Waals surface area (Å²) in [5.41, 5.74) is 2.84. The van der Waals surface area contributed by atoms with Gasteiger partial charge in [0.15, 0.2) is 0 Å². The van der Waals surface area contributed by atoms with Gasteiger partial charge in [0.2, 0.25) is 0 Å². The van der Waals surface area contributed by atoms with E-state index in [1.807, 2.05) is 0 Å². The van der Waals surface area contributed by atoms with Crippen molar-refractivity contribution in [3.63, 3.8) is 0 Å². The second-order valence-electron chi connectivity index (χ2n) is 14.9. The summed E-state index contributed by atoms with van der Waals surface area (Å²) in [6, 6.07) is 21.7. The first-order valence-electron chi connectivity index (χ1n) is 21.3. The van der Waals surface area contributed by atoms with Crippen molar-refractivity contribution in [1.29, 1.82) is 0 Å². The molecule has 0 aliphatic carbocycles. The normalized spacial score (nSPS) is 12.6. The van der Waals surface area contributed by atoms with E-state index >= 15 is 0 Å². The highest BCUT2D eigenvalue weighted by molar-refractivity contribution is 5.23. The minimum absolute atomic E-state index is 0.526. The zero-order valence-electron chi connectivity index (χ0n) is 32.1. The Kier molecular flexibility index (Phi) is 29.0. The van der Waals surface area contributed by atoms with E-state index in [1.165, 1.54) is 191 Å². The summed E-state index contributed by atoms with van der Waals surface area (Å²) in [7, 11) is 0. The minimum atomic E-state index is 0.526. The average Bonchev–Trinajstić information content (AvgIpc) is 3.14. The van der Waals surface area contributed by atoms with Crippen molar-refractivity contribution in [2.45, 2.75) is 192 Å². The molecular formula is C48H78O. The van der Waals surface area contributed by atoms with Crippen LogP contribution in [0.3, 0.4) is 0 Å². The van der Waals surface area contributed by atoms with Crippen molar-refractivity contribution in [3.05, 3.63) is 97.1 Å². The Morgan fingerprint density at radius 2 is 0.592 bits per heavy atom. The van der Waals surface area contributed by atoms with Crippen LogP contribution in [0.5, 0.6) is 0 Å². The molecule has 0 spiro atoms. The molecule has 49 heavy (non-hydrogen) atoms. The topological polar surface area (TPSA) is 9.23 Å². The van der Waals surface area contributed by atoms with E-state index in [9.17, 15) is 0 Å². The standard InChI is InChI=1S/C48H78O/c1-3-45(47-39-31-27-32-40-47)37-29-23-19-15-11-7-5-9-13-17-21-25-35-43-49-44-36-26-22-18-14-10-6-8-12-16-20-24-30-38-46(4-2)48-41-33-28-34-42-48/h3-4,27-28,31-34,39-42,45-46H,1-2,5-26,29-30,35-38,43-44H2. The maximum absolute atomic E-state index is 5.91. The van der Waals surface area contributed by atoms with Gasteiger partial charge >= 0.3 is 0 Å². The summed E-state index contributed by atoms with van der Waals surface area (Å²) >= 11 is 0. The third-order valence-corrected chi connectivity index (χ3v) is 10.6. The SMILES string of the molecule is C=CC(CCCCCCCCCCCCCCCOCCCCCCCCCCCCCCCC(C=C)c1ccccc1)c1ccccc1. The molecule has 0 saturated carbocycles. The molecule has 276 valence electrons. The fourth-order valence-corrected chi connectivity index (χ4v) is 7.37. The molecule has 2 rings (SSSR count). The summed E-state index contributed by atoms with van der Waals surface area (Å²) in [6.07, 6.45) is 42.9. The van der Waals surface area contributed by atoms with Gasteiger partial charge in [-0.05, 0) is 36.8 Å². The van der Waals surface area contributed by atoms with Crippen LogP contribution in [0.1, 0.15) is 203 Å². The highest BCUT2D eigenvalue weighted by Gasteiger charge is 2.07. The zero-order valence-corrected chi connectivity index (χ0v) is 32.1. The molecule has 2 aromatic carbocycles. The molecule has 1 nitrogen and oxygen atoms in total. The molecular weight excluding hydrogens is 593 g/mol. The monoisotopic (exact) mass is 671 g/mol. The van der Waals surface area contributed by atoms with E-state index in [0.717, 1.165) is 13.2 Å². The number of rotatable bonds is 36. The Hall–Kier alpha value is -2.12. The Balaban J connectivity index is 1.18. The molecule has 0 heterocycles. The van der Waals surface area contributed by atoms with Gasteiger partial charge in [-0.3, -0.25) is 0 Å². The number of unbranched alkanes of at least 4 members (excludes halogenated alkanes) is 24. The fourth-order valence-electron chi connectivity index (χ4n) is 7.37. The van der Waals surface area contributed by atoms with E-state index in [1.54, 1.807) is 0 Å². The van der Waals surface area contributed by atoms with Crippen molar-refractivity contribution in [1.82, 2.24) is 0 Å². The van der Waals surface area contributed by atoms with Gasteiger partial charge in [0.25, 0.3) is 0 Å². The van der Waals surface area contributed by atoms with Crippen molar-refractivity contribution >= 4 is 0 Å². The molecule has 0 aromatic heterocycles. The summed E-state index contributed by atoms with van der Waals surface area (Å²) in [5.74, 6) is 1.05. The number of hydrogen-bond donors (Lipinski definition) is 0. The molecule has 0 N–H and O–H groups in total. The van der Waals surface area contributed by atoms with Gasteiger partial charge in [-0.25, -0.2) is 0 Å². The number of hydrogen-bond acceptors (Lipinski definition) is 1. The molecule has 0 amide bonds. The van der Waals surface area contributed by atoms with Gasteiger partial charge in [0.05, 0.1) is 0 Å². The van der Waals surface area contributed by atoms with Gasteiger partial charge in [0, 0.05) is 25.0 Å². The Morgan fingerprint density at radius 1 is 0.347 bits per heavy atom. The number of ether oxygens (including phenoxy) is 1. The lowest BCUT2D eigenvalue weighted by Crippen LogP contribution is -1.97. The fraction of sp³-hybridized carbons (Fsp3) is 0.667. The molecule has 0 aliphatic heterocycles. The van der Waals surface area contributed by atoms with Gasteiger partial charge in [-0.2, -0.15) is 0 Å². The van der Waals surface area contributed by atoms with Crippen molar-refractivity contribution in [3.8, 4) is 0 Å². The molecule has 0 saturated heterocycles. The van der Waals surface area contributed by atoms with E-state index < -0.39 is 0 Å². The molecule has 1 heteroatoms. The predicted octanol–water partition coefficient (Wildman–Crippen LogP) is 15.9. The van der Waals surface area contributed by atoms with Gasteiger partial charge in [-0.1, -0.05) is 227 Å². The van der Waals surface area contributed by atoms with E-state index in [2.05, 4.69) is 86.0 Å². The van der Waals surface area contributed by atoms with Crippen LogP contribution in [0.4, 0.5) is 0 Å². The quantitative estimate of drug-likeness (QED) is 0.0518. The molecule has 2 atom stereocenters.